The topological polar surface area (TPSA) is 46.4 Å². The summed E-state index contributed by atoms with van der Waals surface area (Å²) in [5, 5.41) is 10.6. The molecule has 2 aromatic carbocycles. The van der Waals surface area contributed by atoms with Crippen LogP contribution in [0.1, 0.15) is 30.1 Å². The number of hydrogen-bond donors (Lipinski definition) is 2. The van der Waals surface area contributed by atoms with Crippen LogP contribution in [0.15, 0.2) is 48.5 Å². The van der Waals surface area contributed by atoms with Gasteiger partial charge in [0.1, 0.15) is 18.4 Å². The lowest BCUT2D eigenvalue weighted by Crippen LogP contribution is -3.16. The average molecular weight is 398 g/mol. The van der Waals surface area contributed by atoms with Gasteiger partial charge in [-0.2, -0.15) is 0 Å². The van der Waals surface area contributed by atoms with E-state index in [9.17, 15) is 5.11 Å². The average Bonchev–Trinajstić information content (AvgIpc) is 2.78. The monoisotopic (exact) mass is 397 g/mol. The maximum atomic E-state index is 10.6. The number of fused-ring (bicyclic) bond motifs is 1. The predicted octanol–water partition coefficient (Wildman–Crippen LogP) is 1.86. The standard InChI is InChI=1S/C24H32N2O3/c1-28-24-11-5-4-10-22(24)26-15-13-25(14-16-26)17-20(27)18-29-23-12-6-8-19-7-2-3-9-21(19)23/h2-5,7,9-11,20,23,27H,6,8,12-18H2,1H3/p+1/t20-,23+/m1/s1. The lowest BCUT2D eigenvalue weighted by atomic mass is 9.89. The predicted molar refractivity (Wildman–Crippen MR) is 115 cm³/mol. The molecule has 4 rings (SSSR count). The molecule has 0 saturated carbocycles. The summed E-state index contributed by atoms with van der Waals surface area (Å²) < 4.78 is 11.6. The summed E-state index contributed by atoms with van der Waals surface area (Å²) >= 11 is 0. The van der Waals surface area contributed by atoms with Gasteiger partial charge in [-0.1, -0.05) is 36.4 Å². The van der Waals surface area contributed by atoms with Gasteiger partial charge in [-0.3, -0.25) is 0 Å². The fourth-order valence-electron chi connectivity index (χ4n) is 4.66. The summed E-state index contributed by atoms with van der Waals surface area (Å²) in [6.07, 6.45) is 3.06. The Kier molecular flexibility index (Phi) is 6.70. The van der Waals surface area contributed by atoms with E-state index in [1.807, 2.05) is 12.1 Å². The third-order valence-corrected chi connectivity index (χ3v) is 6.22. The van der Waals surface area contributed by atoms with Crippen molar-refractivity contribution < 1.29 is 19.5 Å². The van der Waals surface area contributed by atoms with Crippen molar-refractivity contribution in [3.63, 3.8) is 0 Å². The Morgan fingerprint density at radius 1 is 1.10 bits per heavy atom. The van der Waals surface area contributed by atoms with E-state index in [4.69, 9.17) is 9.47 Å². The van der Waals surface area contributed by atoms with Crippen LogP contribution in [-0.4, -0.2) is 57.7 Å². The molecule has 2 atom stereocenters. The summed E-state index contributed by atoms with van der Waals surface area (Å²) in [5.41, 5.74) is 3.87. The Balaban J connectivity index is 1.24. The molecule has 1 aliphatic carbocycles. The maximum absolute atomic E-state index is 10.6. The number of aliphatic hydroxyl groups is 1. The normalized spacial score (nSPS) is 20.9. The second-order valence-electron chi connectivity index (χ2n) is 8.18. The minimum atomic E-state index is -0.420. The summed E-state index contributed by atoms with van der Waals surface area (Å²) in [7, 11) is 1.72. The van der Waals surface area contributed by atoms with Crippen LogP contribution in [0.4, 0.5) is 5.69 Å². The molecule has 0 radical (unpaired) electrons. The number of rotatable bonds is 7. The summed E-state index contributed by atoms with van der Waals surface area (Å²) in [5.74, 6) is 0.928. The van der Waals surface area contributed by atoms with Crippen LogP contribution in [-0.2, 0) is 11.2 Å². The summed E-state index contributed by atoms with van der Waals surface area (Å²) in [6, 6.07) is 16.8. The van der Waals surface area contributed by atoms with Crippen molar-refractivity contribution in [3.05, 3.63) is 59.7 Å². The molecule has 0 amide bonds. The molecule has 2 aliphatic rings. The zero-order valence-corrected chi connectivity index (χ0v) is 17.3. The van der Waals surface area contributed by atoms with Crippen LogP contribution in [0.3, 0.4) is 0 Å². The molecular weight excluding hydrogens is 364 g/mol. The van der Waals surface area contributed by atoms with Crippen molar-refractivity contribution in [3.8, 4) is 5.75 Å². The van der Waals surface area contributed by atoms with Gasteiger partial charge in [-0.25, -0.2) is 0 Å². The number of para-hydroxylation sites is 2. The molecule has 0 spiro atoms. The zero-order valence-electron chi connectivity index (χ0n) is 17.3. The largest absolute Gasteiger partial charge is 0.495 e. The molecule has 1 heterocycles. The lowest BCUT2D eigenvalue weighted by Gasteiger charge is -2.35. The van der Waals surface area contributed by atoms with Crippen LogP contribution < -0.4 is 14.5 Å². The highest BCUT2D eigenvalue weighted by atomic mass is 16.5. The van der Waals surface area contributed by atoms with Gasteiger partial charge in [0.15, 0.2) is 0 Å². The Morgan fingerprint density at radius 2 is 1.86 bits per heavy atom. The van der Waals surface area contributed by atoms with Crippen molar-refractivity contribution in [2.45, 2.75) is 31.5 Å². The molecule has 5 nitrogen and oxygen atoms in total. The van der Waals surface area contributed by atoms with Crippen LogP contribution in [0.25, 0.3) is 0 Å². The van der Waals surface area contributed by atoms with Crippen molar-refractivity contribution in [2.75, 3.05) is 51.3 Å². The van der Waals surface area contributed by atoms with Gasteiger partial charge >= 0.3 is 0 Å². The second kappa shape index (κ2) is 9.61. The molecular formula is C24H33N2O3+. The van der Waals surface area contributed by atoms with E-state index in [0.717, 1.165) is 63.4 Å². The van der Waals surface area contributed by atoms with Crippen LogP contribution in [0, 0.1) is 0 Å². The van der Waals surface area contributed by atoms with E-state index in [1.54, 1.807) is 7.11 Å². The maximum Gasteiger partial charge on any atom is 0.142 e. The smallest absolute Gasteiger partial charge is 0.142 e. The van der Waals surface area contributed by atoms with E-state index in [-0.39, 0.29) is 6.10 Å². The van der Waals surface area contributed by atoms with Crippen molar-refractivity contribution in [1.82, 2.24) is 0 Å². The van der Waals surface area contributed by atoms with Gasteiger partial charge in [0.25, 0.3) is 0 Å². The van der Waals surface area contributed by atoms with Gasteiger partial charge < -0.3 is 24.4 Å². The second-order valence-corrected chi connectivity index (χ2v) is 8.18. The number of nitrogens with one attached hydrogen (secondary N) is 1. The van der Waals surface area contributed by atoms with E-state index in [1.165, 1.54) is 16.0 Å². The summed E-state index contributed by atoms with van der Waals surface area (Å²) in [4.78, 5) is 3.82. The molecule has 29 heavy (non-hydrogen) atoms. The summed E-state index contributed by atoms with van der Waals surface area (Å²) in [6.45, 7) is 5.13. The number of anilines is 1. The minimum absolute atomic E-state index is 0.131. The molecule has 1 saturated heterocycles. The number of methoxy groups -OCH3 is 1. The number of aliphatic hydroxyl groups excluding tert-OH is 1. The van der Waals surface area contributed by atoms with Gasteiger partial charge in [-0.15, -0.1) is 0 Å². The van der Waals surface area contributed by atoms with Gasteiger partial charge in [0.2, 0.25) is 0 Å². The van der Waals surface area contributed by atoms with E-state index in [0.29, 0.717) is 6.61 Å². The number of ether oxygens (including phenoxy) is 2. The van der Waals surface area contributed by atoms with Crippen LogP contribution in [0.2, 0.25) is 0 Å². The van der Waals surface area contributed by atoms with E-state index in [2.05, 4.69) is 41.3 Å². The van der Waals surface area contributed by atoms with E-state index < -0.39 is 6.10 Å². The molecule has 1 fully saturated rings. The minimum Gasteiger partial charge on any atom is -0.495 e. The SMILES string of the molecule is COc1ccccc1N1CC[NH+](C[C@@H](O)CO[C@H]2CCCc3ccccc32)CC1. The first-order valence-corrected chi connectivity index (χ1v) is 10.8. The number of hydrogen-bond acceptors (Lipinski definition) is 4. The molecule has 1 aliphatic heterocycles. The first-order chi connectivity index (χ1) is 14.2. The third kappa shape index (κ3) is 4.92. The van der Waals surface area contributed by atoms with Crippen molar-refractivity contribution in [2.24, 2.45) is 0 Å². The van der Waals surface area contributed by atoms with Crippen molar-refractivity contribution in [1.29, 1.82) is 0 Å². The Labute approximate surface area is 173 Å². The zero-order chi connectivity index (χ0) is 20.1. The van der Waals surface area contributed by atoms with E-state index >= 15 is 0 Å². The number of aryl methyl sites for hydroxylation is 1. The Bertz CT molecular complexity index is 789. The number of nitrogens with zero attached hydrogens (tertiary/aromatic N) is 1. The van der Waals surface area contributed by atoms with Gasteiger partial charge in [0.05, 0.1) is 51.7 Å². The third-order valence-electron chi connectivity index (χ3n) is 6.22. The molecule has 0 bridgehead atoms. The molecule has 0 aromatic heterocycles. The quantitative estimate of drug-likeness (QED) is 0.749. The highest BCUT2D eigenvalue weighted by Crippen LogP contribution is 2.32. The molecule has 2 N–H and O–H groups in total. The highest BCUT2D eigenvalue weighted by Gasteiger charge is 2.26. The molecule has 0 unspecified atom stereocenters. The Morgan fingerprint density at radius 3 is 2.69 bits per heavy atom. The molecule has 5 heteroatoms. The fraction of sp³-hybridized carbons (Fsp3) is 0.500. The first kappa shape index (κ1) is 20.2. The molecule has 156 valence electrons. The first-order valence-electron chi connectivity index (χ1n) is 10.8. The number of piperazine rings is 1. The van der Waals surface area contributed by atoms with Crippen molar-refractivity contribution >= 4 is 5.69 Å². The van der Waals surface area contributed by atoms with Crippen LogP contribution in [0.5, 0.6) is 5.75 Å². The lowest BCUT2D eigenvalue weighted by molar-refractivity contribution is -0.903. The van der Waals surface area contributed by atoms with Gasteiger partial charge in [-0.05, 0) is 42.5 Å². The molecule has 2 aromatic rings. The fourth-order valence-corrected chi connectivity index (χ4v) is 4.66. The van der Waals surface area contributed by atoms with Crippen LogP contribution >= 0.6 is 0 Å². The number of quaternary nitrogens is 1. The van der Waals surface area contributed by atoms with Gasteiger partial charge in [0, 0.05) is 0 Å². The Hall–Kier alpha value is -2.08. The number of benzene rings is 2. The highest BCUT2D eigenvalue weighted by molar-refractivity contribution is 5.58.